The first-order chi connectivity index (χ1) is 7.54. The smallest absolute Gasteiger partial charge is 0.0221 e. The summed E-state index contributed by atoms with van der Waals surface area (Å²) in [7, 11) is 0. The first-order valence-electron chi connectivity index (χ1n) is 5.42. The van der Waals surface area contributed by atoms with Crippen molar-refractivity contribution in [1.29, 1.82) is 0 Å². The lowest BCUT2D eigenvalue weighted by Crippen LogP contribution is -2.39. The van der Waals surface area contributed by atoms with Gasteiger partial charge in [0.05, 0.1) is 0 Å². The molecule has 2 nitrogen and oxygen atoms in total. The average Bonchev–Trinajstić information content (AvgIpc) is 2.23. The second kappa shape index (κ2) is 6.74. The molecule has 90 valence electrons. The van der Waals surface area contributed by atoms with Gasteiger partial charge in [0, 0.05) is 28.1 Å². The monoisotopic (exact) mass is 348 g/mol. The minimum atomic E-state index is 0.367. The van der Waals surface area contributed by atoms with Gasteiger partial charge in [0.2, 0.25) is 0 Å². The van der Waals surface area contributed by atoms with Gasteiger partial charge in [0.25, 0.3) is 0 Å². The van der Waals surface area contributed by atoms with Crippen molar-refractivity contribution in [3.8, 4) is 0 Å². The Bertz CT molecular complexity index is 340. The summed E-state index contributed by atoms with van der Waals surface area (Å²) in [5.74, 6) is 0.552. The van der Waals surface area contributed by atoms with Crippen LogP contribution in [0.15, 0.2) is 27.1 Å². The fraction of sp³-hybridized carbons (Fsp3) is 0.500. The molecule has 4 heteroatoms. The van der Waals surface area contributed by atoms with Gasteiger partial charge >= 0.3 is 0 Å². The van der Waals surface area contributed by atoms with Crippen molar-refractivity contribution in [1.82, 2.24) is 5.32 Å². The fourth-order valence-electron chi connectivity index (χ4n) is 1.51. The van der Waals surface area contributed by atoms with Crippen LogP contribution in [0.25, 0.3) is 0 Å². The summed E-state index contributed by atoms with van der Waals surface area (Å²) in [6, 6.07) is 6.56. The number of benzene rings is 1. The first kappa shape index (κ1) is 14.2. The molecule has 1 atom stereocenters. The van der Waals surface area contributed by atoms with Crippen molar-refractivity contribution in [2.24, 2.45) is 11.7 Å². The van der Waals surface area contributed by atoms with E-state index in [2.05, 4.69) is 57.1 Å². The molecule has 3 N–H and O–H groups in total. The molecule has 0 aliphatic carbocycles. The minimum absolute atomic E-state index is 0.367. The molecule has 0 aliphatic heterocycles. The van der Waals surface area contributed by atoms with E-state index in [1.54, 1.807) is 0 Å². The highest BCUT2D eigenvalue weighted by molar-refractivity contribution is 9.11. The van der Waals surface area contributed by atoms with Crippen LogP contribution in [0.5, 0.6) is 0 Å². The van der Waals surface area contributed by atoms with Gasteiger partial charge in [-0.05, 0) is 29.7 Å². The number of hydrogen-bond acceptors (Lipinski definition) is 2. The maximum atomic E-state index is 5.72. The molecule has 0 amide bonds. The van der Waals surface area contributed by atoms with Gasteiger partial charge < -0.3 is 11.1 Å². The predicted octanol–water partition coefficient (Wildman–Crippen LogP) is 3.28. The molecule has 0 saturated carbocycles. The van der Waals surface area contributed by atoms with Crippen LogP contribution < -0.4 is 11.1 Å². The third-order valence-electron chi connectivity index (χ3n) is 2.62. The largest absolute Gasteiger partial charge is 0.329 e. The molecule has 0 saturated heterocycles. The lowest BCUT2D eigenvalue weighted by molar-refractivity contribution is 0.404. The Kier molecular flexibility index (Phi) is 5.97. The molecule has 0 aromatic heterocycles. The number of nitrogens with two attached hydrogens (primary N) is 1. The second-order valence-electron chi connectivity index (χ2n) is 4.20. The van der Waals surface area contributed by atoms with Gasteiger partial charge in [0.15, 0.2) is 0 Å². The third-order valence-corrected chi connectivity index (χ3v) is 3.89. The summed E-state index contributed by atoms with van der Waals surface area (Å²) in [5, 5.41) is 3.48. The molecular weight excluding hydrogens is 332 g/mol. The zero-order chi connectivity index (χ0) is 12.1. The summed E-state index contributed by atoms with van der Waals surface area (Å²) in [4.78, 5) is 0. The number of nitrogens with one attached hydrogen (secondary N) is 1. The van der Waals surface area contributed by atoms with Crippen LogP contribution in [0, 0.1) is 5.92 Å². The molecule has 0 radical (unpaired) electrons. The van der Waals surface area contributed by atoms with Crippen LogP contribution in [0.1, 0.15) is 19.4 Å². The van der Waals surface area contributed by atoms with Gasteiger partial charge in [0.1, 0.15) is 0 Å². The third kappa shape index (κ3) is 4.17. The van der Waals surface area contributed by atoms with Crippen molar-refractivity contribution in [3.05, 3.63) is 32.7 Å². The van der Waals surface area contributed by atoms with E-state index in [-0.39, 0.29) is 0 Å². The summed E-state index contributed by atoms with van der Waals surface area (Å²) in [6.45, 7) is 5.87. The molecule has 0 fully saturated rings. The molecule has 1 aromatic carbocycles. The van der Waals surface area contributed by atoms with Gasteiger partial charge in [-0.15, -0.1) is 0 Å². The van der Waals surface area contributed by atoms with Gasteiger partial charge in [-0.1, -0.05) is 45.7 Å². The Morgan fingerprint density at radius 2 is 2.00 bits per heavy atom. The zero-order valence-corrected chi connectivity index (χ0v) is 12.8. The molecule has 1 rings (SSSR count). The van der Waals surface area contributed by atoms with Crippen molar-refractivity contribution >= 4 is 31.9 Å². The number of hydrogen-bond donors (Lipinski definition) is 2. The van der Waals surface area contributed by atoms with E-state index < -0.39 is 0 Å². The Balaban J connectivity index is 2.63. The summed E-state index contributed by atoms with van der Waals surface area (Å²) < 4.78 is 2.23. The van der Waals surface area contributed by atoms with Crippen LogP contribution in [-0.4, -0.2) is 12.6 Å². The van der Waals surface area contributed by atoms with Crippen LogP contribution >= 0.6 is 31.9 Å². The normalized spacial score (nSPS) is 13.1. The second-order valence-corrected chi connectivity index (χ2v) is 5.97. The topological polar surface area (TPSA) is 38.0 Å². The van der Waals surface area contributed by atoms with Gasteiger partial charge in [-0.25, -0.2) is 0 Å². The van der Waals surface area contributed by atoms with E-state index >= 15 is 0 Å². The van der Waals surface area contributed by atoms with E-state index in [0.717, 1.165) is 15.5 Å². The lowest BCUT2D eigenvalue weighted by atomic mass is 10.0. The average molecular weight is 350 g/mol. The van der Waals surface area contributed by atoms with Gasteiger partial charge in [-0.3, -0.25) is 0 Å². The minimum Gasteiger partial charge on any atom is -0.329 e. The maximum Gasteiger partial charge on any atom is 0.0221 e. The standard InChI is InChI=1S/C12H18Br2N2/c1-8(2)12(6-15)16-7-9-5-10(13)3-4-11(9)14/h3-5,8,12,16H,6-7,15H2,1-2H3. The van der Waals surface area contributed by atoms with E-state index in [9.17, 15) is 0 Å². The molecule has 0 spiro atoms. The molecule has 0 aliphatic rings. The SMILES string of the molecule is CC(C)C(CN)NCc1cc(Br)ccc1Br. The lowest BCUT2D eigenvalue weighted by Gasteiger charge is -2.21. The zero-order valence-electron chi connectivity index (χ0n) is 9.63. The van der Waals surface area contributed by atoms with Crippen molar-refractivity contribution < 1.29 is 0 Å². The highest BCUT2D eigenvalue weighted by Crippen LogP contribution is 2.21. The van der Waals surface area contributed by atoms with Crippen molar-refractivity contribution in [2.75, 3.05) is 6.54 Å². The molecule has 0 heterocycles. The Labute approximate surface area is 114 Å². The van der Waals surface area contributed by atoms with E-state index in [1.165, 1.54) is 5.56 Å². The van der Waals surface area contributed by atoms with E-state index in [4.69, 9.17) is 5.73 Å². The molecular formula is C12H18Br2N2. The van der Waals surface area contributed by atoms with Crippen molar-refractivity contribution in [3.63, 3.8) is 0 Å². The molecule has 1 aromatic rings. The molecule has 16 heavy (non-hydrogen) atoms. The van der Waals surface area contributed by atoms with Gasteiger partial charge in [-0.2, -0.15) is 0 Å². The molecule has 0 bridgehead atoms. The highest BCUT2D eigenvalue weighted by Gasteiger charge is 2.11. The first-order valence-corrected chi connectivity index (χ1v) is 7.00. The van der Waals surface area contributed by atoms with Crippen LogP contribution in [0.3, 0.4) is 0 Å². The van der Waals surface area contributed by atoms with E-state index in [0.29, 0.717) is 18.5 Å². The summed E-state index contributed by atoms with van der Waals surface area (Å²) in [5.41, 5.74) is 6.97. The predicted molar refractivity (Wildman–Crippen MR) is 76.4 cm³/mol. The highest BCUT2D eigenvalue weighted by atomic mass is 79.9. The maximum absolute atomic E-state index is 5.72. The Morgan fingerprint density at radius 3 is 2.56 bits per heavy atom. The Hall–Kier alpha value is 0.1000. The number of halogens is 2. The van der Waals surface area contributed by atoms with Crippen molar-refractivity contribution in [2.45, 2.75) is 26.4 Å². The van der Waals surface area contributed by atoms with Crippen LogP contribution in [-0.2, 0) is 6.54 Å². The molecule has 1 unspecified atom stereocenters. The quantitative estimate of drug-likeness (QED) is 0.856. The van der Waals surface area contributed by atoms with Crippen LogP contribution in [0.2, 0.25) is 0 Å². The Morgan fingerprint density at radius 1 is 1.31 bits per heavy atom. The fourth-order valence-corrected chi connectivity index (χ4v) is 2.31. The summed E-state index contributed by atoms with van der Waals surface area (Å²) in [6.07, 6.45) is 0. The number of rotatable bonds is 5. The van der Waals surface area contributed by atoms with Crippen LogP contribution in [0.4, 0.5) is 0 Å². The summed E-state index contributed by atoms with van der Waals surface area (Å²) >= 11 is 7.02. The van der Waals surface area contributed by atoms with E-state index in [1.807, 2.05) is 12.1 Å².